The van der Waals surface area contributed by atoms with E-state index < -0.39 is 17.3 Å². The topological polar surface area (TPSA) is 105 Å². The Bertz CT molecular complexity index is 1550. The van der Waals surface area contributed by atoms with E-state index in [-0.39, 0.29) is 17.8 Å². The minimum absolute atomic E-state index is 0.0927. The molecule has 38 heavy (non-hydrogen) atoms. The number of nitrogens with zero attached hydrogens (tertiary/aromatic N) is 6. The van der Waals surface area contributed by atoms with Crippen LogP contribution < -0.4 is 10.2 Å². The van der Waals surface area contributed by atoms with E-state index in [1.165, 1.54) is 12.3 Å². The first-order chi connectivity index (χ1) is 18.0. The van der Waals surface area contributed by atoms with Crippen LogP contribution in [0.25, 0.3) is 16.7 Å². The average molecular weight is 520 g/mol. The minimum Gasteiger partial charge on any atom is -0.444 e. The van der Waals surface area contributed by atoms with Gasteiger partial charge in [-0.1, -0.05) is 0 Å². The summed E-state index contributed by atoms with van der Waals surface area (Å²) in [6.45, 7) is 10.9. The van der Waals surface area contributed by atoms with Crippen LogP contribution in [0.3, 0.4) is 0 Å². The number of aryl methyl sites for hydroxylation is 1. The summed E-state index contributed by atoms with van der Waals surface area (Å²) < 4.78 is 21.6. The lowest BCUT2D eigenvalue weighted by atomic mass is 10.1. The molecule has 0 aliphatic carbocycles. The second-order valence-corrected chi connectivity index (χ2v) is 10.5. The summed E-state index contributed by atoms with van der Waals surface area (Å²) in [6, 6.07) is 4.69. The fraction of sp³-hybridized carbons (Fsp3) is 0.370. The standard InChI is InChI=1S/C27H30FN7O3/c1-16-13-34-15-18(12-20(28)24(34)31-16)32-25(36)19-6-7-21(23-22(19)29-8-9-30-23)33-10-11-35(17(2)14-33)26(37)38-27(3,4)5/h6-9,12-13,15,17H,10-11,14H2,1-5H3,(H,32,36)/t17-/m0/s1. The zero-order valence-electron chi connectivity index (χ0n) is 22.0. The average Bonchev–Trinajstić information content (AvgIpc) is 3.22. The number of halogens is 1. The van der Waals surface area contributed by atoms with Crippen LogP contribution in [0.5, 0.6) is 0 Å². The van der Waals surface area contributed by atoms with Crippen molar-refractivity contribution in [1.82, 2.24) is 24.3 Å². The van der Waals surface area contributed by atoms with Gasteiger partial charge in [-0.3, -0.25) is 14.8 Å². The number of anilines is 2. The number of pyridine rings is 1. The Labute approximate surface area is 219 Å². The van der Waals surface area contributed by atoms with Crippen LogP contribution >= 0.6 is 0 Å². The van der Waals surface area contributed by atoms with Gasteiger partial charge in [0.2, 0.25) is 0 Å². The van der Waals surface area contributed by atoms with Crippen molar-refractivity contribution in [2.45, 2.75) is 46.3 Å². The molecule has 5 rings (SSSR count). The highest BCUT2D eigenvalue weighted by molar-refractivity contribution is 6.13. The third kappa shape index (κ3) is 4.96. The fourth-order valence-corrected chi connectivity index (χ4v) is 4.70. The summed E-state index contributed by atoms with van der Waals surface area (Å²) in [5, 5.41) is 2.77. The number of amides is 2. The summed E-state index contributed by atoms with van der Waals surface area (Å²) in [5.74, 6) is -0.962. The highest BCUT2D eigenvalue weighted by atomic mass is 19.1. The van der Waals surface area contributed by atoms with Gasteiger partial charge in [0.25, 0.3) is 5.91 Å². The molecule has 1 aliphatic rings. The first kappa shape index (κ1) is 25.4. The molecule has 0 spiro atoms. The van der Waals surface area contributed by atoms with Gasteiger partial charge in [-0.25, -0.2) is 14.2 Å². The number of nitrogens with one attached hydrogen (secondary N) is 1. The molecule has 1 aliphatic heterocycles. The number of rotatable bonds is 3. The molecule has 3 aromatic heterocycles. The van der Waals surface area contributed by atoms with Crippen LogP contribution in [-0.4, -0.2) is 67.5 Å². The SMILES string of the molecule is Cc1cn2cc(NC(=O)c3ccc(N4CCN(C(=O)OC(C)(C)C)[C@@H](C)C4)c4nccnc34)cc(F)c2n1. The first-order valence-corrected chi connectivity index (χ1v) is 12.4. The van der Waals surface area contributed by atoms with Crippen LogP contribution in [-0.2, 0) is 4.74 Å². The van der Waals surface area contributed by atoms with E-state index in [0.29, 0.717) is 47.6 Å². The van der Waals surface area contributed by atoms with Gasteiger partial charge < -0.3 is 24.3 Å². The Morgan fingerprint density at radius 1 is 1.11 bits per heavy atom. The molecular formula is C27H30FN7O3. The van der Waals surface area contributed by atoms with Gasteiger partial charge in [-0.2, -0.15) is 0 Å². The molecule has 2 amide bonds. The molecule has 1 aromatic carbocycles. The number of carbonyl (C=O) groups excluding carboxylic acids is 2. The maximum absolute atomic E-state index is 14.5. The smallest absolute Gasteiger partial charge is 0.410 e. The van der Waals surface area contributed by atoms with E-state index >= 15 is 0 Å². The monoisotopic (exact) mass is 519 g/mol. The van der Waals surface area contributed by atoms with Gasteiger partial charge in [0.15, 0.2) is 11.5 Å². The summed E-state index contributed by atoms with van der Waals surface area (Å²) in [7, 11) is 0. The number of aromatic nitrogens is 4. The zero-order chi connectivity index (χ0) is 27.2. The first-order valence-electron chi connectivity index (χ1n) is 12.4. The van der Waals surface area contributed by atoms with E-state index in [2.05, 4.69) is 25.2 Å². The summed E-state index contributed by atoms with van der Waals surface area (Å²) >= 11 is 0. The van der Waals surface area contributed by atoms with E-state index in [1.807, 2.05) is 33.8 Å². The van der Waals surface area contributed by atoms with Gasteiger partial charge in [0, 0.05) is 56.5 Å². The minimum atomic E-state index is -0.564. The van der Waals surface area contributed by atoms with Gasteiger partial charge in [0.05, 0.1) is 22.6 Å². The Morgan fingerprint density at radius 3 is 2.55 bits per heavy atom. The van der Waals surface area contributed by atoms with Crippen LogP contribution in [0.2, 0.25) is 0 Å². The van der Waals surface area contributed by atoms with Crippen molar-refractivity contribution in [3.8, 4) is 0 Å². The van der Waals surface area contributed by atoms with Gasteiger partial charge in [-0.15, -0.1) is 0 Å². The molecule has 10 nitrogen and oxygen atoms in total. The second kappa shape index (κ2) is 9.55. The number of ether oxygens (including phenoxy) is 1. The number of benzene rings is 1. The van der Waals surface area contributed by atoms with Crippen LogP contribution in [0.1, 0.15) is 43.7 Å². The summed E-state index contributed by atoms with van der Waals surface area (Å²) in [4.78, 5) is 42.9. The highest BCUT2D eigenvalue weighted by Crippen LogP contribution is 2.29. The number of carbonyl (C=O) groups is 2. The van der Waals surface area contributed by atoms with Crippen LogP contribution in [0, 0.1) is 12.7 Å². The largest absolute Gasteiger partial charge is 0.444 e. The predicted molar refractivity (Wildman–Crippen MR) is 142 cm³/mol. The Morgan fingerprint density at radius 2 is 1.84 bits per heavy atom. The molecule has 0 unspecified atom stereocenters. The maximum Gasteiger partial charge on any atom is 0.410 e. The van der Waals surface area contributed by atoms with E-state index in [9.17, 15) is 14.0 Å². The van der Waals surface area contributed by atoms with E-state index in [4.69, 9.17) is 4.74 Å². The van der Waals surface area contributed by atoms with Crippen LogP contribution in [0.4, 0.5) is 20.6 Å². The lowest BCUT2D eigenvalue weighted by Crippen LogP contribution is -2.55. The Hall–Kier alpha value is -4.28. The molecule has 1 saturated heterocycles. The molecule has 0 radical (unpaired) electrons. The number of fused-ring (bicyclic) bond motifs is 2. The number of piperazine rings is 1. The van der Waals surface area contributed by atoms with Gasteiger partial charge in [0.1, 0.15) is 16.6 Å². The molecular weight excluding hydrogens is 489 g/mol. The molecule has 1 N–H and O–H groups in total. The summed E-state index contributed by atoms with van der Waals surface area (Å²) in [6.07, 6.45) is 6.09. The number of hydrogen-bond donors (Lipinski definition) is 1. The molecule has 0 bridgehead atoms. The molecule has 0 saturated carbocycles. The van der Waals surface area contributed by atoms with Crippen molar-refractivity contribution in [2.75, 3.05) is 29.9 Å². The van der Waals surface area contributed by atoms with Crippen molar-refractivity contribution in [2.24, 2.45) is 0 Å². The number of hydrogen-bond acceptors (Lipinski definition) is 7. The quantitative estimate of drug-likeness (QED) is 0.427. The molecule has 4 aromatic rings. The van der Waals surface area contributed by atoms with Crippen molar-refractivity contribution in [3.63, 3.8) is 0 Å². The zero-order valence-corrected chi connectivity index (χ0v) is 22.0. The lowest BCUT2D eigenvalue weighted by Gasteiger charge is -2.41. The van der Waals surface area contributed by atoms with E-state index in [0.717, 1.165) is 5.69 Å². The number of imidazole rings is 1. The molecule has 11 heteroatoms. The summed E-state index contributed by atoms with van der Waals surface area (Å²) in [5.41, 5.74) is 2.75. The van der Waals surface area contributed by atoms with Gasteiger partial charge >= 0.3 is 6.09 Å². The Balaban J connectivity index is 1.39. The lowest BCUT2D eigenvalue weighted by molar-refractivity contribution is 0.0159. The molecule has 4 heterocycles. The van der Waals surface area contributed by atoms with Crippen molar-refractivity contribution >= 4 is 40.1 Å². The van der Waals surface area contributed by atoms with Crippen molar-refractivity contribution in [3.05, 3.63) is 60.1 Å². The molecule has 198 valence electrons. The normalized spacial score (nSPS) is 16.2. The van der Waals surface area contributed by atoms with Crippen molar-refractivity contribution in [1.29, 1.82) is 0 Å². The van der Waals surface area contributed by atoms with Crippen LogP contribution in [0.15, 0.2) is 43.0 Å². The van der Waals surface area contributed by atoms with Crippen molar-refractivity contribution < 1.29 is 18.7 Å². The van der Waals surface area contributed by atoms with Gasteiger partial charge in [-0.05, 0) is 46.8 Å². The molecule has 1 fully saturated rings. The Kier molecular flexibility index (Phi) is 6.38. The maximum atomic E-state index is 14.5. The third-order valence-corrected chi connectivity index (χ3v) is 6.33. The second-order valence-electron chi connectivity index (χ2n) is 10.5. The fourth-order valence-electron chi connectivity index (χ4n) is 4.70. The highest BCUT2D eigenvalue weighted by Gasteiger charge is 2.32. The molecule has 1 atom stereocenters. The predicted octanol–water partition coefficient (Wildman–Crippen LogP) is 4.42. The van der Waals surface area contributed by atoms with E-state index in [1.54, 1.807) is 40.9 Å². The third-order valence-electron chi connectivity index (χ3n) is 6.33.